The van der Waals surface area contributed by atoms with E-state index in [1.807, 2.05) is 0 Å². The van der Waals surface area contributed by atoms with Crippen LogP contribution in [0.25, 0.3) is 11.0 Å². The number of aromatic nitrogens is 4. The topological polar surface area (TPSA) is 127 Å². The number of hydrogen-bond acceptors (Lipinski definition) is 8. The summed E-state index contributed by atoms with van der Waals surface area (Å²) in [5.74, 6) is 3.19. The lowest BCUT2D eigenvalue weighted by atomic mass is 9.66. The third kappa shape index (κ3) is 4.46. The Morgan fingerprint density at radius 3 is 2.75 bits per heavy atom. The summed E-state index contributed by atoms with van der Waals surface area (Å²) in [6, 6.07) is 7.19. The van der Waals surface area contributed by atoms with Crippen LogP contribution in [0.2, 0.25) is 0 Å². The molecule has 0 unspecified atom stereocenters. The average Bonchev–Trinajstić information content (AvgIpc) is 3.58. The first kappa shape index (κ1) is 26.2. The number of rotatable bonds is 8. The van der Waals surface area contributed by atoms with Crippen molar-refractivity contribution in [3.63, 3.8) is 0 Å². The molecule has 1 aliphatic heterocycles. The Morgan fingerprint density at radius 1 is 1.15 bits per heavy atom. The van der Waals surface area contributed by atoms with E-state index < -0.39 is 12.2 Å². The molecule has 0 radical (unpaired) electrons. The number of anilines is 2. The van der Waals surface area contributed by atoms with Crippen LogP contribution in [0.15, 0.2) is 24.5 Å². The molecule has 40 heavy (non-hydrogen) atoms. The van der Waals surface area contributed by atoms with E-state index >= 15 is 0 Å². The maximum Gasteiger partial charge on any atom is 0.137 e. The number of imidazole rings is 1. The molecule has 5 N–H and O–H groups in total. The number of fused-ring (bicyclic) bond motifs is 2. The van der Waals surface area contributed by atoms with Gasteiger partial charge in [0.15, 0.2) is 0 Å². The lowest BCUT2D eigenvalue weighted by Gasteiger charge is -2.42. The van der Waals surface area contributed by atoms with E-state index in [-0.39, 0.29) is 12.0 Å². The second-order valence-electron chi connectivity index (χ2n) is 13.3. The lowest BCUT2D eigenvalue weighted by molar-refractivity contribution is -0.00150. The highest BCUT2D eigenvalue weighted by molar-refractivity contribution is 5.76. The van der Waals surface area contributed by atoms with Gasteiger partial charge in [-0.2, -0.15) is 0 Å². The SMILES string of the molecule is CN(C[C@H]1C[C@@H](N2CCc3c(N)ncnc32)[C@H](O)[C@@H]1O)C1CC(CCc2nc3cc(C4(C)CCC4)ccc3[nH]2)C1. The van der Waals surface area contributed by atoms with E-state index in [9.17, 15) is 10.2 Å². The molecule has 9 nitrogen and oxygen atoms in total. The normalized spacial score (nSPS) is 31.0. The number of aromatic amines is 1. The van der Waals surface area contributed by atoms with Crippen molar-refractivity contribution in [2.75, 3.05) is 30.8 Å². The van der Waals surface area contributed by atoms with Crippen LogP contribution in [0.3, 0.4) is 0 Å². The van der Waals surface area contributed by atoms with Gasteiger partial charge in [0.2, 0.25) is 0 Å². The number of H-pyrrole nitrogens is 1. The summed E-state index contributed by atoms with van der Waals surface area (Å²) in [5.41, 5.74) is 11.0. The summed E-state index contributed by atoms with van der Waals surface area (Å²) in [7, 11) is 2.17. The molecule has 0 amide bonds. The number of nitrogens with zero attached hydrogens (tertiary/aromatic N) is 5. The molecule has 3 fully saturated rings. The van der Waals surface area contributed by atoms with Crippen molar-refractivity contribution in [1.29, 1.82) is 0 Å². The molecule has 4 atom stereocenters. The Hall–Kier alpha value is -2.75. The Labute approximate surface area is 236 Å². The van der Waals surface area contributed by atoms with Crippen molar-refractivity contribution >= 4 is 22.7 Å². The highest BCUT2D eigenvalue weighted by Crippen LogP contribution is 2.44. The molecule has 214 valence electrons. The van der Waals surface area contributed by atoms with E-state index in [4.69, 9.17) is 10.7 Å². The summed E-state index contributed by atoms with van der Waals surface area (Å²) < 4.78 is 0. The van der Waals surface area contributed by atoms with Crippen LogP contribution in [0.1, 0.15) is 68.8 Å². The number of aliphatic hydroxyl groups is 2. The third-order valence-corrected chi connectivity index (χ3v) is 10.8. The van der Waals surface area contributed by atoms with Crippen molar-refractivity contribution in [3.8, 4) is 0 Å². The van der Waals surface area contributed by atoms with Crippen LogP contribution < -0.4 is 10.6 Å². The molecule has 3 aromatic rings. The first-order valence-electron chi connectivity index (χ1n) is 15.2. The molecule has 9 heteroatoms. The quantitative estimate of drug-likeness (QED) is 0.340. The van der Waals surface area contributed by atoms with Crippen LogP contribution in [-0.4, -0.2) is 79.5 Å². The molecule has 2 aromatic heterocycles. The van der Waals surface area contributed by atoms with E-state index in [2.05, 4.69) is 56.9 Å². The van der Waals surface area contributed by atoms with Gasteiger partial charge in [-0.05, 0) is 81.0 Å². The average molecular weight is 546 g/mol. The fourth-order valence-corrected chi connectivity index (χ4v) is 7.86. The number of nitrogens with one attached hydrogen (secondary N) is 1. The monoisotopic (exact) mass is 545 g/mol. The highest BCUT2D eigenvalue weighted by Gasteiger charge is 2.47. The van der Waals surface area contributed by atoms with Gasteiger partial charge >= 0.3 is 0 Å². The predicted molar refractivity (Wildman–Crippen MR) is 156 cm³/mol. The van der Waals surface area contributed by atoms with Crippen LogP contribution in [0.4, 0.5) is 11.6 Å². The Morgan fingerprint density at radius 2 is 1.98 bits per heavy atom. The minimum Gasteiger partial charge on any atom is -0.390 e. The summed E-state index contributed by atoms with van der Waals surface area (Å²) in [4.78, 5) is 21.6. The number of aliphatic hydroxyl groups excluding tert-OH is 2. The zero-order valence-corrected chi connectivity index (χ0v) is 23.8. The van der Waals surface area contributed by atoms with Gasteiger partial charge in [0.1, 0.15) is 29.9 Å². The first-order chi connectivity index (χ1) is 19.3. The smallest absolute Gasteiger partial charge is 0.137 e. The molecule has 4 aliphatic rings. The number of hydrogen-bond donors (Lipinski definition) is 4. The van der Waals surface area contributed by atoms with E-state index in [0.717, 1.165) is 67.0 Å². The second kappa shape index (κ2) is 9.96. The summed E-state index contributed by atoms with van der Waals surface area (Å²) in [5, 5.41) is 21.9. The first-order valence-corrected chi connectivity index (χ1v) is 15.2. The molecule has 1 aromatic carbocycles. The molecule has 3 aliphatic carbocycles. The number of benzene rings is 1. The van der Waals surface area contributed by atoms with Crippen LogP contribution in [0, 0.1) is 11.8 Å². The van der Waals surface area contributed by atoms with Crippen LogP contribution >= 0.6 is 0 Å². The van der Waals surface area contributed by atoms with Gasteiger partial charge in [-0.15, -0.1) is 0 Å². The van der Waals surface area contributed by atoms with E-state index in [0.29, 0.717) is 23.2 Å². The Kier molecular flexibility index (Phi) is 6.52. The second-order valence-corrected chi connectivity index (χ2v) is 13.3. The number of nitrogens with two attached hydrogens (primary N) is 1. The third-order valence-electron chi connectivity index (χ3n) is 10.8. The van der Waals surface area contributed by atoms with Crippen molar-refractivity contribution in [2.45, 2.75) is 94.4 Å². The minimum absolute atomic E-state index is 0.0370. The van der Waals surface area contributed by atoms with Gasteiger partial charge in [0.25, 0.3) is 0 Å². The summed E-state index contributed by atoms with van der Waals surface area (Å²) in [6.07, 6.45) is 9.92. The van der Waals surface area contributed by atoms with Gasteiger partial charge < -0.3 is 30.7 Å². The largest absolute Gasteiger partial charge is 0.390 e. The van der Waals surface area contributed by atoms with Gasteiger partial charge in [0.05, 0.1) is 23.2 Å². The molecule has 0 bridgehead atoms. The molecule has 0 saturated heterocycles. The van der Waals surface area contributed by atoms with Crippen molar-refractivity contribution in [3.05, 3.63) is 41.5 Å². The molecular weight excluding hydrogens is 502 g/mol. The van der Waals surface area contributed by atoms with Gasteiger partial charge in [-0.3, -0.25) is 0 Å². The van der Waals surface area contributed by atoms with Crippen molar-refractivity contribution in [2.24, 2.45) is 11.8 Å². The molecule has 7 rings (SSSR count). The summed E-state index contributed by atoms with van der Waals surface area (Å²) in [6.45, 7) is 3.93. The predicted octanol–water partition coefficient (Wildman–Crippen LogP) is 3.19. The highest BCUT2D eigenvalue weighted by atomic mass is 16.3. The van der Waals surface area contributed by atoms with Gasteiger partial charge in [0, 0.05) is 37.0 Å². The Balaban J connectivity index is 0.901. The van der Waals surface area contributed by atoms with Crippen molar-refractivity contribution in [1.82, 2.24) is 24.8 Å². The molecule has 3 heterocycles. The lowest BCUT2D eigenvalue weighted by Crippen LogP contribution is -2.46. The van der Waals surface area contributed by atoms with E-state index in [1.165, 1.54) is 44.0 Å². The van der Waals surface area contributed by atoms with Gasteiger partial charge in [-0.1, -0.05) is 19.4 Å². The maximum absolute atomic E-state index is 11.0. The fraction of sp³-hybridized carbons (Fsp3) is 0.645. The Bertz CT molecular complexity index is 1380. The molecular formula is C31H43N7O2. The van der Waals surface area contributed by atoms with Crippen LogP contribution in [0.5, 0.6) is 0 Å². The number of nitrogen functional groups attached to an aromatic ring is 1. The summed E-state index contributed by atoms with van der Waals surface area (Å²) >= 11 is 0. The van der Waals surface area contributed by atoms with Crippen molar-refractivity contribution < 1.29 is 10.2 Å². The van der Waals surface area contributed by atoms with Gasteiger partial charge in [-0.25, -0.2) is 15.0 Å². The standard InChI is InChI=1S/C31H43N7O2/c1-31(9-3-10-31)20-5-6-23-24(15-20)36-26(35-23)7-4-18-12-21(13-18)37(2)16-19-14-25(28(40)27(19)39)38-11-8-22-29(32)33-17-34-30(22)38/h5-6,15,17-19,21,25,27-28,39-40H,3-4,7-14,16H2,1-2H3,(H,35,36)(H2,32,33,34)/t18?,19-,21?,25-,27-,28+/m1/s1. The van der Waals surface area contributed by atoms with Crippen LogP contribution in [-0.2, 0) is 18.3 Å². The van der Waals surface area contributed by atoms with E-state index in [1.54, 1.807) is 0 Å². The zero-order chi connectivity index (χ0) is 27.6. The molecule has 0 spiro atoms. The number of aryl methyl sites for hydroxylation is 1. The fourth-order valence-electron chi connectivity index (χ4n) is 7.86. The maximum atomic E-state index is 11.0. The molecule has 3 saturated carbocycles. The minimum atomic E-state index is -0.786. The zero-order valence-electron chi connectivity index (χ0n) is 23.8.